The molecule has 0 bridgehead atoms. The van der Waals surface area contributed by atoms with Crippen molar-refractivity contribution >= 4 is 52.5 Å². The molecule has 11 heteroatoms. The second-order valence-electron chi connectivity index (χ2n) is 5.59. The van der Waals surface area contributed by atoms with Crippen molar-refractivity contribution in [3.63, 3.8) is 0 Å². The maximum absolute atomic E-state index is 6.38. The standard InChI is InChI=1S/C17H11Cl3N6OS/c18-9-3-4-11(12(19)6-9)15-24-25-17(26(15)8-10-2-1-5-27-10)28-14-7-13(20)22-16(21)23-14/h1-7H,8H2,(H2,21,22,23). The molecule has 0 aliphatic rings. The van der Waals surface area contributed by atoms with Crippen molar-refractivity contribution in [2.24, 2.45) is 0 Å². The van der Waals surface area contributed by atoms with Crippen LogP contribution < -0.4 is 5.73 Å². The number of hydrogen-bond acceptors (Lipinski definition) is 7. The Balaban J connectivity index is 1.78. The van der Waals surface area contributed by atoms with Gasteiger partial charge in [-0.05, 0) is 42.1 Å². The van der Waals surface area contributed by atoms with Gasteiger partial charge in [-0.2, -0.15) is 0 Å². The van der Waals surface area contributed by atoms with E-state index in [1.165, 1.54) is 11.8 Å². The van der Waals surface area contributed by atoms with Crippen molar-refractivity contribution in [3.8, 4) is 11.4 Å². The van der Waals surface area contributed by atoms with Crippen LogP contribution in [0.4, 0.5) is 5.95 Å². The lowest BCUT2D eigenvalue weighted by atomic mass is 10.2. The fraction of sp³-hybridized carbons (Fsp3) is 0.0588. The predicted molar refractivity (Wildman–Crippen MR) is 109 cm³/mol. The zero-order chi connectivity index (χ0) is 19.7. The van der Waals surface area contributed by atoms with E-state index in [4.69, 9.17) is 45.0 Å². The van der Waals surface area contributed by atoms with Gasteiger partial charge in [0, 0.05) is 16.7 Å². The van der Waals surface area contributed by atoms with Crippen molar-refractivity contribution in [2.45, 2.75) is 16.7 Å². The topological polar surface area (TPSA) is 95.7 Å². The van der Waals surface area contributed by atoms with Crippen LogP contribution in [0.5, 0.6) is 0 Å². The Hall–Kier alpha value is -2.26. The molecule has 0 aliphatic heterocycles. The van der Waals surface area contributed by atoms with Crippen LogP contribution in [0.1, 0.15) is 5.76 Å². The number of nitrogen functional groups attached to an aromatic ring is 1. The average molecular weight is 454 g/mol. The molecule has 4 aromatic rings. The highest BCUT2D eigenvalue weighted by molar-refractivity contribution is 7.99. The summed E-state index contributed by atoms with van der Waals surface area (Å²) in [5.74, 6) is 1.37. The van der Waals surface area contributed by atoms with E-state index in [2.05, 4.69) is 20.2 Å². The van der Waals surface area contributed by atoms with Crippen LogP contribution in [0.15, 0.2) is 57.3 Å². The first-order chi connectivity index (χ1) is 13.5. The van der Waals surface area contributed by atoms with Gasteiger partial charge in [-0.3, -0.25) is 4.57 Å². The van der Waals surface area contributed by atoms with Crippen LogP contribution in [-0.2, 0) is 6.54 Å². The van der Waals surface area contributed by atoms with E-state index in [1.54, 1.807) is 30.5 Å². The maximum atomic E-state index is 6.38. The van der Waals surface area contributed by atoms with Crippen LogP contribution in [0.2, 0.25) is 15.2 Å². The van der Waals surface area contributed by atoms with Crippen LogP contribution >= 0.6 is 46.6 Å². The molecular formula is C17H11Cl3N6OS. The maximum Gasteiger partial charge on any atom is 0.222 e. The summed E-state index contributed by atoms with van der Waals surface area (Å²) in [5, 5.41) is 10.9. The van der Waals surface area contributed by atoms with E-state index >= 15 is 0 Å². The van der Waals surface area contributed by atoms with Crippen molar-refractivity contribution in [1.82, 2.24) is 24.7 Å². The highest BCUT2D eigenvalue weighted by Crippen LogP contribution is 2.34. The molecule has 0 amide bonds. The largest absolute Gasteiger partial charge is 0.467 e. The van der Waals surface area contributed by atoms with E-state index in [1.807, 2.05) is 16.7 Å². The molecule has 0 unspecified atom stereocenters. The van der Waals surface area contributed by atoms with E-state index in [0.29, 0.717) is 38.2 Å². The second-order valence-corrected chi connectivity index (χ2v) is 7.80. The lowest BCUT2D eigenvalue weighted by molar-refractivity contribution is 0.485. The third kappa shape index (κ3) is 4.10. The molecule has 0 radical (unpaired) electrons. The Morgan fingerprint density at radius 1 is 1.07 bits per heavy atom. The quantitative estimate of drug-likeness (QED) is 0.421. The summed E-state index contributed by atoms with van der Waals surface area (Å²) in [6.45, 7) is 0.394. The summed E-state index contributed by atoms with van der Waals surface area (Å²) in [6.07, 6.45) is 1.60. The van der Waals surface area contributed by atoms with Crippen molar-refractivity contribution in [3.05, 3.63) is 63.6 Å². The molecule has 0 aliphatic carbocycles. The first kappa shape index (κ1) is 19.1. The highest BCUT2D eigenvalue weighted by Gasteiger charge is 2.19. The molecule has 2 N–H and O–H groups in total. The smallest absolute Gasteiger partial charge is 0.222 e. The lowest BCUT2D eigenvalue weighted by Gasteiger charge is -2.10. The van der Waals surface area contributed by atoms with Gasteiger partial charge in [0.2, 0.25) is 5.95 Å². The summed E-state index contributed by atoms with van der Waals surface area (Å²) in [5.41, 5.74) is 6.38. The predicted octanol–water partition coefficient (Wildman–Crippen LogP) is 5.07. The molecule has 7 nitrogen and oxygen atoms in total. The Morgan fingerprint density at radius 2 is 1.93 bits per heavy atom. The van der Waals surface area contributed by atoms with Crippen LogP contribution in [0.25, 0.3) is 11.4 Å². The Morgan fingerprint density at radius 3 is 2.64 bits per heavy atom. The summed E-state index contributed by atoms with van der Waals surface area (Å²) in [4.78, 5) is 8.04. The molecule has 4 rings (SSSR count). The molecule has 28 heavy (non-hydrogen) atoms. The number of benzene rings is 1. The first-order valence-corrected chi connectivity index (χ1v) is 9.83. The zero-order valence-corrected chi connectivity index (χ0v) is 17.1. The Labute approximate surface area is 178 Å². The molecule has 0 fully saturated rings. The van der Waals surface area contributed by atoms with Gasteiger partial charge >= 0.3 is 0 Å². The number of nitrogens with zero attached hydrogens (tertiary/aromatic N) is 5. The number of rotatable bonds is 5. The van der Waals surface area contributed by atoms with E-state index < -0.39 is 0 Å². The van der Waals surface area contributed by atoms with E-state index in [9.17, 15) is 0 Å². The first-order valence-electron chi connectivity index (χ1n) is 7.88. The van der Waals surface area contributed by atoms with Crippen molar-refractivity contribution in [1.29, 1.82) is 0 Å². The molecule has 3 aromatic heterocycles. The average Bonchev–Trinajstić information content (AvgIpc) is 3.26. The summed E-state index contributed by atoms with van der Waals surface area (Å²) in [7, 11) is 0. The van der Waals surface area contributed by atoms with Crippen molar-refractivity contribution < 1.29 is 4.42 Å². The number of anilines is 1. The van der Waals surface area contributed by atoms with Crippen LogP contribution in [-0.4, -0.2) is 24.7 Å². The Bertz CT molecular complexity index is 1110. The molecule has 0 atom stereocenters. The molecule has 142 valence electrons. The van der Waals surface area contributed by atoms with Gasteiger partial charge in [0.25, 0.3) is 0 Å². The molecule has 3 heterocycles. The van der Waals surface area contributed by atoms with Gasteiger partial charge in [0.05, 0.1) is 17.8 Å². The van der Waals surface area contributed by atoms with Crippen molar-refractivity contribution in [2.75, 3.05) is 5.73 Å². The summed E-state index contributed by atoms with van der Waals surface area (Å²) >= 11 is 19.6. The molecular weight excluding hydrogens is 443 g/mol. The Kier molecular flexibility index (Phi) is 5.45. The van der Waals surface area contributed by atoms with E-state index in [-0.39, 0.29) is 11.1 Å². The fourth-order valence-electron chi connectivity index (χ4n) is 2.49. The minimum absolute atomic E-state index is 0.0769. The van der Waals surface area contributed by atoms with Gasteiger partial charge in [0.1, 0.15) is 15.9 Å². The number of furan rings is 1. The minimum Gasteiger partial charge on any atom is -0.467 e. The molecule has 0 spiro atoms. The third-order valence-corrected chi connectivity index (χ3v) is 5.31. The fourth-order valence-corrected chi connectivity index (χ4v) is 4.08. The zero-order valence-electron chi connectivity index (χ0n) is 14.0. The molecule has 1 aromatic carbocycles. The lowest BCUT2D eigenvalue weighted by Crippen LogP contribution is -2.04. The van der Waals surface area contributed by atoms with Gasteiger partial charge in [-0.25, -0.2) is 9.97 Å². The van der Waals surface area contributed by atoms with Crippen LogP contribution in [0.3, 0.4) is 0 Å². The summed E-state index contributed by atoms with van der Waals surface area (Å²) < 4.78 is 7.35. The van der Waals surface area contributed by atoms with Gasteiger partial charge in [0.15, 0.2) is 11.0 Å². The number of aromatic nitrogens is 5. The normalized spacial score (nSPS) is 11.1. The molecule has 0 saturated heterocycles. The van der Waals surface area contributed by atoms with Gasteiger partial charge in [-0.15, -0.1) is 10.2 Å². The molecule has 0 saturated carbocycles. The van der Waals surface area contributed by atoms with E-state index in [0.717, 1.165) is 5.76 Å². The minimum atomic E-state index is 0.0769. The van der Waals surface area contributed by atoms with Crippen LogP contribution in [0, 0.1) is 0 Å². The monoisotopic (exact) mass is 452 g/mol. The SMILES string of the molecule is Nc1nc(Cl)cc(Sc2nnc(-c3ccc(Cl)cc3Cl)n2Cc2ccco2)n1. The van der Waals surface area contributed by atoms with Gasteiger partial charge in [-0.1, -0.05) is 34.8 Å². The number of nitrogens with two attached hydrogens (primary N) is 1. The third-order valence-electron chi connectivity index (χ3n) is 3.67. The number of hydrogen-bond donors (Lipinski definition) is 1. The summed E-state index contributed by atoms with van der Waals surface area (Å²) in [6, 6.07) is 10.5. The second kappa shape index (κ2) is 8.00. The van der Waals surface area contributed by atoms with Gasteiger partial charge < -0.3 is 10.2 Å². The number of halogens is 3. The highest BCUT2D eigenvalue weighted by atomic mass is 35.5.